The minimum Gasteiger partial charge on any atom is -0.377 e. The molecule has 222 valence electrons. The van der Waals surface area contributed by atoms with E-state index in [0.29, 0.717) is 0 Å². The number of para-hydroxylation sites is 1. The molecular weight excluding hydrogens is 556 g/mol. The highest BCUT2D eigenvalue weighted by molar-refractivity contribution is 6.11. The monoisotopic (exact) mass is 592 g/mol. The molecule has 1 aromatic heterocycles. The predicted octanol–water partition coefficient (Wildman–Crippen LogP) is 11.4. The maximum absolute atomic E-state index is 4.05. The van der Waals surface area contributed by atoms with Crippen molar-refractivity contribution in [3.05, 3.63) is 192 Å². The van der Waals surface area contributed by atoms with Crippen LogP contribution >= 0.6 is 0 Å². The molecule has 0 saturated heterocycles. The molecule has 0 spiro atoms. The fourth-order valence-corrected chi connectivity index (χ4v) is 7.65. The molecule has 1 N–H and O–H groups in total. The largest absolute Gasteiger partial charge is 0.377 e. The van der Waals surface area contributed by atoms with E-state index in [-0.39, 0.29) is 11.5 Å². The van der Waals surface area contributed by atoms with Crippen LogP contribution in [-0.4, -0.2) is 4.57 Å². The quantitative estimate of drug-likeness (QED) is 0.203. The molecule has 0 radical (unpaired) electrons. The summed E-state index contributed by atoms with van der Waals surface area (Å²) in [5, 5.41) is 6.48. The molecule has 6 aromatic carbocycles. The van der Waals surface area contributed by atoms with Crippen molar-refractivity contribution in [3.8, 4) is 5.69 Å². The summed E-state index contributed by atoms with van der Waals surface area (Å²) in [6, 6.07) is 53.0. The molecule has 2 heteroatoms. The van der Waals surface area contributed by atoms with Gasteiger partial charge in [-0.2, -0.15) is 0 Å². The average molecular weight is 593 g/mol. The van der Waals surface area contributed by atoms with Crippen LogP contribution < -0.4 is 5.32 Å². The molecule has 0 bridgehead atoms. The minimum absolute atomic E-state index is 0.106. The van der Waals surface area contributed by atoms with Crippen LogP contribution in [0.25, 0.3) is 39.1 Å². The van der Waals surface area contributed by atoms with Crippen LogP contribution in [0.15, 0.2) is 158 Å². The number of rotatable bonds is 6. The topological polar surface area (TPSA) is 17.0 Å². The van der Waals surface area contributed by atoms with Crippen molar-refractivity contribution in [2.75, 3.05) is 5.32 Å². The van der Waals surface area contributed by atoms with E-state index in [0.717, 1.165) is 11.3 Å². The first-order chi connectivity index (χ1) is 22.6. The van der Waals surface area contributed by atoms with Crippen LogP contribution in [0.2, 0.25) is 0 Å². The lowest BCUT2D eigenvalue weighted by Gasteiger charge is -2.33. The number of anilines is 1. The Labute approximate surface area is 271 Å². The van der Waals surface area contributed by atoms with Gasteiger partial charge in [-0.15, -0.1) is 0 Å². The molecule has 2 heterocycles. The van der Waals surface area contributed by atoms with Crippen molar-refractivity contribution in [3.63, 3.8) is 0 Å². The van der Waals surface area contributed by atoms with Gasteiger partial charge in [-0.25, -0.2) is 0 Å². The first-order valence-electron chi connectivity index (χ1n) is 16.1. The van der Waals surface area contributed by atoms with Crippen molar-refractivity contribution in [1.29, 1.82) is 0 Å². The standard InChI is InChI=1S/C44H36N2/c1-4-30-16-12-13-21-36(30)35(5-2)31-24-26-34(27-25-31)46-41-23-15-14-22-37(41)38-28-40-39(29-42(38)46)44(3,33-19-10-7-11-20-33)43(45-40)32-17-8-6-9-18-32/h4-29,43,45H,1H2,2-3H3/b35-5-. The number of nitrogens with one attached hydrogen (secondary N) is 1. The summed E-state index contributed by atoms with van der Waals surface area (Å²) in [5.74, 6) is 0. The van der Waals surface area contributed by atoms with E-state index in [2.05, 4.69) is 182 Å². The maximum Gasteiger partial charge on any atom is 0.0649 e. The molecule has 0 amide bonds. The fraction of sp³-hybridized carbons (Fsp3) is 0.0909. The second kappa shape index (κ2) is 11.1. The third-order valence-corrected chi connectivity index (χ3v) is 9.95. The van der Waals surface area contributed by atoms with Gasteiger partial charge in [-0.05, 0) is 83.1 Å². The van der Waals surface area contributed by atoms with Crippen molar-refractivity contribution in [2.24, 2.45) is 0 Å². The van der Waals surface area contributed by atoms with Crippen molar-refractivity contribution < 1.29 is 0 Å². The Bertz CT molecular complexity index is 2260. The summed E-state index contributed by atoms with van der Waals surface area (Å²) in [6.07, 6.45) is 4.13. The van der Waals surface area contributed by atoms with Gasteiger partial charge in [0.05, 0.1) is 17.1 Å². The molecule has 2 nitrogen and oxygen atoms in total. The molecule has 0 saturated carbocycles. The number of allylic oxidation sites excluding steroid dienone is 1. The van der Waals surface area contributed by atoms with Crippen LogP contribution in [0.4, 0.5) is 5.69 Å². The molecule has 0 aliphatic carbocycles. The number of benzene rings is 6. The van der Waals surface area contributed by atoms with Gasteiger partial charge in [0, 0.05) is 27.6 Å². The normalized spacial score (nSPS) is 17.6. The third-order valence-electron chi connectivity index (χ3n) is 9.95. The molecule has 1 aliphatic heterocycles. The highest BCUT2D eigenvalue weighted by Gasteiger charge is 2.45. The van der Waals surface area contributed by atoms with E-state index >= 15 is 0 Å². The van der Waals surface area contributed by atoms with E-state index in [4.69, 9.17) is 0 Å². The van der Waals surface area contributed by atoms with Crippen LogP contribution in [0.5, 0.6) is 0 Å². The Morgan fingerprint density at radius 3 is 2.13 bits per heavy atom. The Morgan fingerprint density at radius 1 is 0.717 bits per heavy atom. The second-order valence-electron chi connectivity index (χ2n) is 12.4. The summed E-state index contributed by atoms with van der Waals surface area (Å²) >= 11 is 0. The van der Waals surface area contributed by atoms with Crippen LogP contribution in [0, 0.1) is 0 Å². The summed E-state index contributed by atoms with van der Waals surface area (Å²) in [7, 11) is 0. The molecule has 0 fully saturated rings. The van der Waals surface area contributed by atoms with E-state index < -0.39 is 0 Å². The highest BCUT2D eigenvalue weighted by atomic mass is 15.0. The van der Waals surface area contributed by atoms with Gasteiger partial charge in [0.2, 0.25) is 0 Å². The highest BCUT2D eigenvalue weighted by Crippen LogP contribution is 2.54. The summed E-state index contributed by atoms with van der Waals surface area (Å²) < 4.78 is 2.43. The van der Waals surface area contributed by atoms with Gasteiger partial charge in [-0.3, -0.25) is 0 Å². The summed E-state index contributed by atoms with van der Waals surface area (Å²) in [6.45, 7) is 8.55. The first-order valence-corrected chi connectivity index (χ1v) is 16.1. The number of fused-ring (bicyclic) bond motifs is 4. The molecule has 46 heavy (non-hydrogen) atoms. The lowest BCUT2D eigenvalue weighted by molar-refractivity contribution is 0.514. The maximum atomic E-state index is 4.05. The lowest BCUT2D eigenvalue weighted by Crippen LogP contribution is -2.30. The molecule has 2 unspecified atom stereocenters. The fourth-order valence-electron chi connectivity index (χ4n) is 7.65. The zero-order valence-corrected chi connectivity index (χ0v) is 26.2. The van der Waals surface area contributed by atoms with Crippen LogP contribution in [0.1, 0.15) is 53.3 Å². The van der Waals surface area contributed by atoms with Crippen molar-refractivity contribution in [1.82, 2.24) is 4.57 Å². The van der Waals surface area contributed by atoms with E-state index in [1.165, 1.54) is 60.9 Å². The molecule has 2 atom stereocenters. The Morgan fingerprint density at radius 2 is 1.39 bits per heavy atom. The number of hydrogen-bond donors (Lipinski definition) is 1. The predicted molar refractivity (Wildman–Crippen MR) is 196 cm³/mol. The molecule has 8 rings (SSSR count). The average Bonchev–Trinajstić information content (AvgIpc) is 3.60. The number of aromatic nitrogens is 1. The van der Waals surface area contributed by atoms with E-state index in [9.17, 15) is 0 Å². The second-order valence-corrected chi connectivity index (χ2v) is 12.4. The zero-order chi connectivity index (χ0) is 31.3. The number of hydrogen-bond acceptors (Lipinski definition) is 1. The Hall–Kier alpha value is -5.60. The lowest BCUT2D eigenvalue weighted by atomic mass is 9.71. The SMILES string of the molecule is C=Cc1ccccc1/C(=C\C)c1ccc(-n2c3ccccc3c3cc4c(cc32)C(C)(c2ccccc2)C(c2ccccc2)N4)cc1. The van der Waals surface area contributed by atoms with Gasteiger partial charge in [0.15, 0.2) is 0 Å². The molecule has 7 aromatic rings. The van der Waals surface area contributed by atoms with Gasteiger partial charge < -0.3 is 9.88 Å². The van der Waals surface area contributed by atoms with Gasteiger partial charge in [0.1, 0.15) is 0 Å². The first kappa shape index (κ1) is 27.9. The smallest absolute Gasteiger partial charge is 0.0649 e. The van der Waals surface area contributed by atoms with Crippen molar-refractivity contribution in [2.45, 2.75) is 25.3 Å². The van der Waals surface area contributed by atoms with E-state index in [1.54, 1.807) is 0 Å². The minimum atomic E-state index is -0.267. The van der Waals surface area contributed by atoms with Crippen LogP contribution in [0.3, 0.4) is 0 Å². The van der Waals surface area contributed by atoms with Gasteiger partial charge in [-0.1, -0.05) is 134 Å². The molecular formula is C44H36N2. The van der Waals surface area contributed by atoms with Gasteiger partial charge >= 0.3 is 0 Å². The Kier molecular flexibility index (Phi) is 6.73. The zero-order valence-electron chi connectivity index (χ0n) is 26.2. The Balaban J connectivity index is 1.32. The summed E-state index contributed by atoms with van der Waals surface area (Å²) in [5.41, 5.74) is 13.1. The van der Waals surface area contributed by atoms with E-state index in [1.807, 2.05) is 6.08 Å². The molecule has 1 aliphatic rings. The van der Waals surface area contributed by atoms with Crippen LogP contribution in [-0.2, 0) is 5.41 Å². The third kappa shape index (κ3) is 4.25. The summed E-state index contributed by atoms with van der Waals surface area (Å²) in [4.78, 5) is 0. The number of nitrogens with zero attached hydrogens (tertiary/aromatic N) is 1. The van der Waals surface area contributed by atoms with Crippen molar-refractivity contribution >= 4 is 39.1 Å². The van der Waals surface area contributed by atoms with Gasteiger partial charge in [0.25, 0.3) is 0 Å².